The van der Waals surface area contributed by atoms with Crippen LogP contribution in [0.5, 0.6) is 0 Å². The molecule has 94 valence electrons. The molecule has 1 aromatic carbocycles. The molecule has 0 saturated carbocycles. The van der Waals surface area contributed by atoms with Crippen molar-refractivity contribution < 1.29 is 5.11 Å². The van der Waals surface area contributed by atoms with Crippen LogP contribution in [0.4, 0.5) is 0 Å². The van der Waals surface area contributed by atoms with Gasteiger partial charge in [-0.25, -0.2) is 0 Å². The quantitative estimate of drug-likeness (QED) is 0.838. The Morgan fingerprint density at radius 1 is 1.18 bits per heavy atom. The predicted molar refractivity (Wildman–Crippen MR) is 71.2 cm³/mol. The number of nitrogens with one attached hydrogen (secondary N) is 1. The minimum Gasteiger partial charge on any atom is -0.387 e. The second kappa shape index (κ2) is 5.65. The number of aliphatic hydroxyl groups is 1. The lowest BCUT2D eigenvalue weighted by molar-refractivity contribution is 0.171. The smallest absolute Gasteiger partial charge is 0.0914 e. The van der Waals surface area contributed by atoms with Crippen molar-refractivity contribution in [3.05, 3.63) is 34.9 Å². The van der Waals surface area contributed by atoms with E-state index in [1.165, 1.54) is 36.8 Å². The molecule has 0 heterocycles. The zero-order valence-corrected chi connectivity index (χ0v) is 10.9. The van der Waals surface area contributed by atoms with Gasteiger partial charge in [0.2, 0.25) is 0 Å². The van der Waals surface area contributed by atoms with Crippen LogP contribution in [0.25, 0.3) is 0 Å². The minimum absolute atomic E-state index is 0.385. The SMILES string of the molecule is CC(C)NCC(O)c1ccc2c(c1)CCCC2. The summed E-state index contributed by atoms with van der Waals surface area (Å²) < 4.78 is 0. The Morgan fingerprint density at radius 3 is 2.59 bits per heavy atom. The fourth-order valence-corrected chi connectivity index (χ4v) is 2.43. The third kappa shape index (κ3) is 3.30. The van der Waals surface area contributed by atoms with Crippen molar-refractivity contribution in [1.82, 2.24) is 5.32 Å². The molecule has 2 nitrogen and oxygen atoms in total. The normalized spacial score (nSPS) is 16.9. The van der Waals surface area contributed by atoms with E-state index < -0.39 is 0 Å². The molecule has 0 saturated heterocycles. The first-order chi connectivity index (χ1) is 8.16. The van der Waals surface area contributed by atoms with E-state index in [9.17, 15) is 5.11 Å². The highest BCUT2D eigenvalue weighted by atomic mass is 16.3. The summed E-state index contributed by atoms with van der Waals surface area (Å²) in [4.78, 5) is 0. The molecule has 0 fully saturated rings. The van der Waals surface area contributed by atoms with Gasteiger partial charge in [0.15, 0.2) is 0 Å². The van der Waals surface area contributed by atoms with Crippen molar-refractivity contribution in [3.8, 4) is 0 Å². The largest absolute Gasteiger partial charge is 0.387 e. The molecule has 17 heavy (non-hydrogen) atoms. The molecule has 2 N–H and O–H groups in total. The molecule has 1 aliphatic rings. The highest BCUT2D eigenvalue weighted by Gasteiger charge is 2.13. The fraction of sp³-hybridized carbons (Fsp3) is 0.600. The Hall–Kier alpha value is -0.860. The number of benzene rings is 1. The van der Waals surface area contributed by atoms with Crippen LogP contribution in [-0.2, 0) is 12.8 Å². The molecule has 0 radical (unpaired) electrons. The van der Waals surface area contributed by atoms with Gasteiger partial charge in [-0.1, -0.05) is 32.0 Å². The average molecular weight is 233 g/mol. The first-order valence-electron chi connectivity index (χ1n) is 6.70. The van der Waals surface area contributed by atoms with Crippen LogP contribution in [0, 0.1) is 0 Å². The van der Waals surface area contributed by atoms with Crippen LogP contribution < -0.4 is 5.32 Å². The molecule has 2 rings (SSSR count). The van der Waals surface area contributed by atoms with Crippen LogP contribution in [0.15, 0.2) is 18.2 Å². The second-order valence-electron chi connectivity index (χ2n) is 5.31. The van der Waals surface area contributed by atoms with Crippen molar-refractivity contribution in [2.45, 2.75) is 51.7 Å². The zero-order valence-electron chi connectivity index (χ0n) is 10.9. The summed E-state index contributed by atoms with van der Waals surface area (Å²) in [7, 11) is 0. The summed E-state index contributed by atoms with van der Waals surface area (Å²) in [6.07, 6.45) is 4.59. The van der Waals surface area contributed by atoms with Crippen molar-refractivity contribution in [2.24, 2.45) is 0 Å². The van der Waals surface area contributed by atoms with Gasteiger partial charge in [-0.05, 0) is 42.4 Å². The lowest BCUT2D eigenvalue weighted by Crippen LogP contribution is -2.28. The molecule has 1 aromatic rings. The van der Waals surface area contributed by atoms with Gasteiger partial charge < -0.3 is 10.4 Å². The first kappa shape index (κ1) is 12.6. The highest BCUT2D eigenvalue weighted by molar-refractivity contribution is 5.34. The Kier molecular flexibility index (Phi) is 4.19. The Morgan fingerprint density at radius 2 is 1.88 bits per heavy atom. The van der Waals surface area contributed by atoms with Crippen LogP contribution in [-0.4, -0.2) is 17.7 Å². The van der Waals surface area contributed by atoms with E-state index in [4.69, 9.17) is 0 Å². The van der Waals surface area contributed by atoms with Crippen molar-refractivity contribution >= 4 is 0 Å². The summed E-state index contributed by atoms with van der Waals surface area (Å²) in [5, 5.41) is 13.4. The molecule has 1 atom stereocenters. The number of hydrogen-bond acceptors (Lipinski definition) is 2. The summed E-state index contributed by atoms with van der Waals surface area (Å²) in [6.45, 7) is 4.83. The lowest BCUT2D eigenvalue weighted by Gasteiger charge is -2.19. The summed E-state index contributed by atoms with van der Waals surface area (Å²) >= 11 is 0. The van der Waals surface area contributed by atoms with E-state index in [1.54, 1.807) is 0 Å². The number of fused-ring (bicyclic) bond motifs is 1. The molecule has 1 aliphatic carbocycles. The maximum Gasteiger partial charge on any atom is 0.0914 e. The van der Waals surface area contributed by atoms with E-state index >= 15 is 0 Å². The molecule has 0 spiro atoms. The Bertz CT molecular complexity index is 373. The maximum absolute atomic E-state index is 10.1. The number of aliphatic hydroxyl groups excluding tert-OH is 1. The zero-order chi connectivity index (χ0) is 12.3. The molecular formula is C15H23NO. The van der Waals surface area contributed by atoms with Crippen LogP contribution in [0.1, 0.15) is 49.5 Å². The summed E-state index contributed by atoms with van der Waals surface area (Å²) in [6, 6.07) is 6.89. The van der Waals surface area contributed by atoms with Gasteiger partial charge in [0, 0.05) is 12.6 Å². The molecule has 0 bridgehead atoms. The van der Waals surface area contributed by atoms with Gasteiger partial charge in [0.25, 0.3) is 0 Å². The average Bonchev–Trinajstić information content (AvgIpc) is 2.35. The summed E-state index contributed by atoms with van der Waals surface area (Å²) in [5.74, 6) is 0. The van der Waals surface area contributed by atoms with Crippen LogP contribution >= 0.6 is 0 Å². The van der Waals surface area contributed by atoms with E-state index in [1.807, 2.05) is 0 Å². The fourth-order valence-electron chi connectivity index (χ4n) is 2.43. The Labute approximate surface area is 104 Å². The number of rotatable bonds is 4. The van der Waals surface area contributed by atoms with Crippen LogP contribution in [0.3, 0.4) is 0 Å². The summed E-state index contributed by atoms with van der Waals surface area (Å²) in [5.41, 5.74) is 3.97. The number of hydrogen-bond donors (Lipinski definition) is 2. The van der Waals surface area contributed by atoms with E-state index in [2.05, 4.69) is 37.4 Å². The van der Waals surface area contributed by atoms with Gasteiger partial charge in [0.1, 0.15) is 0 Å². The lowest BCUT2D eigenvalue weighted by atomic mass is 9.89. The second-order valence-corrected chi connectivity index (χ2v) is 5.31. The van der Waals surface area contributed by atoms with E-state index in [-0.39, 0.29) is 6.10 Å². The highest BCUT2D eigenvalue weighted by Crippen LogP contribution is 2.24. The van der Waals surface area contributed by atoms with Gasteiger partial charge in [-0.15, -0.1) is 0 Å². The molecule has 0 aliphatic heterocycles. The van der Waals surface area contributed by atoms with Crippen molar-refractivity contribution in [1.29, 1.82) is 0 Å². The van der Waals surface area contributed by atoms with Gasteiger partial charge in [0.05, 0.1) is 6.10 Å². The Balaban J connectivity index is 2.05. The third-order valence-corrected chi connectivity index (χ3v) is 3.48. The van der Waals surface area contributed by atoms with Gasteiger partial charge >= 0.3 is 0 Å². The minimum atomic E-state index is -0.385. The van der Waals surface area contributed by atoms with E-state index in [0.717, 1.165) is 5.56 Å². The molecule has 0 aromatic heterocycles. The standard InChI is InChI=1S/C15H23NO/c1-11(2)16-10-15(17)14-8-7-12-5-3-4-6-13(12)9-14/h7-9,11,15-17H,3-6,10H2,1-2H3. The molecule has 0 amide bonds. The van der Waals surface area contributed by atoms with Crippen molar-refractivity contribution in [3.63, 3.8) is 0 Å². The van der Waals surface area contributed by atoms with Gasteiger partial charge in [-0.3, -0.25) is 0 Å². The molecular weight excluding hydrogens is 210 g/mol. The molecule has 1 unspecified atom stereocenters. The maximum atomic E-state index is 10.1. The van der Waals surface area contributed by atoms with Crippen LogP contribution in [0.2, 0.25) is 0 Å². The first-order valence-corrected chi connectivity index (χ1v) is 6.70. The van der Waals surface area contributed by atoms with Crippen molar-refractivity contribution in [2.75, 3.05) is 6.54 Å². The third-order valence-electron chi connectivity index (χ3n) is 3.48. The van der Waals surface area contributed by atoms with E-state index in [0.29, 0.717) is 12.6 Å². The predicted octanol–water partition coefficient (Wildman–Crippen LogP) is 2.60. The van der Waals surface area contributed by atoms with Gasteiger partial charge in [-0.2, -0.15) is 0 Å². The molecule has 2 heteroatoms. The number of aryl methyl sites for hydroxylation is 2. The topological polar surface area (TPSA) is 32.3 Å². The monoisotopic (exact) mass is 233 g/mol.